The molecule has 0 fully saturated rings. The van der Waals surface area contributed by atoms with E-state index in [2.05, 4.69) is 10.1 Å². The molecular formula is C13H11Cl2FN4. The molecule has 3 rings (SSSR count). The number of rotatable bonds is 3. The lowest BCUT2D eigenvalue weighted by atomic mass is 10.3. The Morgan fingerprint density at radius 3 is 2.80 bits per heavy atom. The largest absolute Gasteiger partial charge is 0.321 e. The molecule has 0 radical (unpaired) electrons. The minimum atomic E-state index is -0.484. The summed E-state index contributed by atoms with van der Waals surface area (Å²) in [5.41, 5.74) is 2.16. The Hall–Kier alpha value is -1.59. The summed E-state index contributed by atoms with van der Waals surface area (Å²) in [6, 6.07) is 4.80. The number of hydrogen-bond donors (Lipinski definition) is 0. The number of fused-ring (bicyclic) bond motifs is 1. The molecule has 4 nitrogen and oxygen atoms in total. The van der Waals surface area contributed by atoms with Gasteiger partial charge in [-0.15, -0.1) is 11.6 Å². The topological polar surface area (TPSA) is 35.6 Å². The van der Waals surface area contributed by atoms with Crippen molar-refractivity contribution in [2.75, 3.05) is 0 Å². The van der Waals surface area contributed by atoms with Crippen molar-refractivity contribution in [1.29, 1.82) is 0 Å². The van der Waals surface area contributed by atoms with Crippen molar-refractivity contribution in [3.63, 3.8) is 0 Å². The van der Waals surface area contributed by atoms with Gasteiger partial charge in [0.15, 0.2) is 0 Å². The Kier molecular flexibility index (Phi) is 3.40. The van der Waals surface area contributed by atoms with E-state index >= 15 is 0 Å². The molecule has 0 aliphatic heterocycles. The van der Waals surface area contributed by atoms with E-state index in [9.17, 15) is 4.39 Å². The van der Waals surface area contributed by atoms with Crippen LogP contribution < -0.4 is 0 Å². The Morgan fingerprint density at radius 2 is 2.15 bits per heavy atom. The number of aromatic nitrogens is 4. The van der Waals surface area contributed by atoms with Gasteiger partial charge in [0.1, 0.15) is 11.6 Å². The number of benzene rings is 1. The average Bonchev–Trinajstić information content (AvgIpc) is 2.96. The highest BCUT2D eigenvalue weighted by molar-refractivity contribution is 6.31. The van der Waals surface area contributed by atoms with Crippen LogP contribution in [0.15, 0.2) is 24.4 Å². The van der Waals surface area contributed by atoms with Gasteiger partial charge < -0.3 is 4.57 Å². The minimum absolute atomic E-state index is 0.0702. The van der Waals surface area contributed by atoms with Gasteiger partial charge >= 0.3 is 0 Å². The van der Waals surface area contributed by atoms with Crippen LogP contribution in [0.4, 0.5) is 4.39 Å². The van der Waals surface area contributed by atoms with Crippen molar-refractivity contribution in [2.24, 2.45) is 7.05 Å². The molecule has 20 heavy (non-hydrogen) atoms. The van der Waals surface area contributed by atoms with Crippen molar-refractivity contribution in [3.8, 4) is 0 Å². The third kappa shape index (κ3) is 2.27. The third-order valence-electron chi connectivity index (χ3n) is 3.08. The molecule has 0 spiro atoms. The summed E-state index contributed by atoms with van der Waals surface area (Å²) >= 11 is 11.8. The molecule has 0 amide bonds. The van der Waals surface area contributed by atoms with E-state index < -0.39 is 5.82 Å². The molecular weight excluding hydrogens is 302 g/mol. The summed E-state index contributed by atoms with van der Waals surface area (Å²) < 4.78 is 17.1. The highest BCUT2D eigenvalue weighted by Crippen LogP contribution is 2.25. The summed E-state index contributed by atoms with van der Waals surface area (Å²) in [6.45, 7) is 0.515. The normalized spacial score (nSPS) is 11.4. The summed E-state index contributed by atoms with van der Waals surface area (Å²) in [4.78, 5) is 4.33. The van der Waals surface area contributed by atoms with E-state index in [0.717, 1.165) is 11.2 Å². The van der Waals surface area contributed by atoms with Crippen molar-refractivity contribution in [1.82, 2.24) is 19.3 Å². The van der Waals surface area contributed by atoms with Crippen LogP contribution in [0.25, 0.3) is 11.0 Å². The molecule has 0 atom stereocenters. The quantitative estimate of drug-likeness (QED) is 0.695. The second-order valence-electron chi connectivity index (χ2n) is 4.48. The van der Waals surface area contributed by atoms with E-state index in [1.807, 2.05) is 23.9 Å². The number of alkyl halides is 1. The van der Waals surface area contributed by atoms with Crippen LogP contribution in [-0.4, -0.2) is 19.3 Å². The maximum absolute atomic E-state index is 13.5. The molecule has 2 aromatic heterocycles. The predicted octanol–water partition coefficient (Wildman–Crippen LogP) is 3.35. The summed E-state index contributed by atoms with van der Waals surface area (Å²) in [5.74, 6) is 0.414. The van der Waals surface area contributed by atoms with Crippen molar-refractivity contribution >= 4 is 34.2 Å². The Labute approximate surface area is 124 Å². The fraction of sp³-hybridized carbons (Fsp3) is 0.231. The first-order chi connectivity index (χ1) is 9.58. The van der Waals surface area contributed by atoms with Crippen LogP contribution in [0.1, 0.15) is 11.5 Å². The predicted molar refractivity (Wildman–Crippen MR) is 76.6 cm³/mol. The molecule has 0 aliphatic carbocycles. The van der Waals surface area contributed by atoms with E-state index in [0.29, 0.717) is 17.9 Å². The van der Waals surface area contributed by atoms with E-state index in [4.69, 9.17) is 23.2 Å². The van der Waals surface area contributed by atoms with Gasteiger partial charge in [-0.3, -0.25) is 4.68 Å². The van der Waals surface area contributed by atoms with E-state index in [1.54, 1.807) is 10.7 Å². The van der Waals surface area contributed by atoms with E-state index in [-0.39, 0.29) is 10.9 Å². The molecule has 7 heteroatoms. The third-order valence-corrected chi connectivity index (χ3v) is 3.61. The maximum Gasteiger partial charge on any atom is 0.144 e. The molecule has 0 saturated heterocycles. The van der Waals surface area contributed by atoms with Crippen LogP contribution in [0, 0.1) is 5.82 Å². The molecule has 0 unspecified atom stereocenters. The first-order valence-corrected chi connectivity index (χ1v) is 6.88. The van der Waals surface area contributed by atoms with Crippen molar-refractivity contribution in [3.05, 3.63) is 46.8 Å². The van der Waals surface area contributed by atoms with Crippen LogP contribution in [-0.2, 0) is 19.5 Å². The van der Waals surface area contributed by atoms with Gasteiger partial charge in [0.05, 0.1) is 34.2 Å². The molecule has 0 N–H and O–H groups in total. The fourth-order valence-electron chi connectivity index (χ4n) is 2.16. The molecule has 2 heterocycles. The zero-order chi connectivity index (χ0) is 14.3. The van der Waals surface area contributed by atoms with E-state index in [1.165, 1.54) is 6.07 Å². The smallest absolute Gasteiger partial charge is 0.144 e. The first-order valence-electron chi connectivity index (χ1n) is 5.97. The van der Waals surface area contributed by atoms with Crippen LogP contribution in [0.2, 0.25) is 5.02 Å². The summed E-state index contributed by atoms with van der Waals surface area (Å²) in [7, 11) is 1.85. The number of hydrogen-bond acceptors (Lipinski definition) is 2. The molecule has 0 aliphatic rings. The van der Waals surface area contributed by atoms with Crippen LogP contribution in [0.3, 0.4) is 0 Å². The van der Waals surface area contributed by atoms with Crippen LogP contribution in [0.5, 0.6) is 0 Å². The average molecular weight is 313 g/mol. The lowest BCUT2D eigenvalue weighted by Crippen LogP contribution is -2.05. The Bertz CT molecular complexity index is 778. The molecule has 104 valence electrons. The van der Waals surface area contributed by atoms with Gasteiger partial charge in [0, 0.05) is 19.3 Å². The fourth-order valence-corrected chi connectivity index (χ4v) is 2.52. The Morgan fingerprint density at radius 1 is 1.35 bits per heavy atom. The zero-order valence-electron chi connectivity index (χ0n) is 10.6. The summed E-state index contributed by atoms with van der Waals surface area (Å²) in [5, 5.41) is 4.40. The van der Waals surface area contributed by atoms with Crippen LogP contribution >= 0.6 is 23.2 Å². The number of nitrogens with zero attached hydrogens (tertiary/aromatic N) is 4. The second-order valence-corrected chi connectivity index (χ2v) is 5.16. The highest BCUT2D eigenvalue weighted by Gasteiger charge is 2.14. The van der Waals surface area contributed by atoms with Crippen molar-refractivity contribution in [2.45, 2.75) is 12.4 Å². The van der Waals surface area contributed by atoms with Gasteiger partial charge in [0.2, 0.25) is 0 Å². The number of halogens is 3. The summed E-state index contributed by atoms with van der Waals surface area (Å²) in [6.07, 6.45) is 1.86. The second kappa shape index (κ2) is 5.07. The molecule has 0 bridgehead atoms. The van der Waals surface area contributed by atoms with Gasteiger partial charge in [-0.05, 0) is 12.1 Å². The Balaban J connectivity index is 2.14. The lowest BCUT2D eigenvalue weighted by molar-refractivity contribution is 0.629. The van der Waals surface area contributed by atoms with Gasteiger partial charge in [0.25, 0.3) is 0 Å². The molecule has 3 aromatic rings. The SMILES string of the molecule is Cn1ccc(Cn2c(CCl)nc3cc(F)c(Cl)cc32)n1. The van der Waals surface area contributed by atoms with Gasteiger partial charge in [-0.25, -0.2) is 9.37 Å². The minimum Gasteiger partial charge on any atom is -0.321 e. The molecule has 1 aromatic carbocycles. The number of aryl methyl sites for hydroxylation is 1. The van der Waals surface area contributed by atoms with Crippen molar-refractivity contribution < 1.29 is 4.39 Å². The first kappa shape index (κ1) is 13.4. The standard InChI is InChI=1S/C13H11Cl2FN4/c1-19-3-2-8(18-19)7-20-12-4-9(15)10(16)5-11(12)17-13(20)6-14/h2-5H,6-7H2,1H3. The molecule has 0 saturated carbocycles. The van der Waals surface area contributed by atoms with Gasteiger partial charge in [-0.1, -0.05) is 11.6 Å². The van der Waals surface area contributed by atoms with Gasteiger partial charge in [-0.2, -0.15) is 5.10 Å². The zero-order valence-corrected chi connectivity index (χ0v) is 12.2. The lowest BCUT2D eigenvalue weighted by Gasteiger charge is -2.06. The highest BCUT2D eigenvalue weighted by atomic mass is 35.5. The maximum atomic E-state index is 13.5. The monoisotopic (exact) mass is 312 g/mol. The number of imidazole rings is 1.